The second kappa shape index (κ2) is 8.67. The number of hydrogen-bond donors (Lipinski definition) is 0. The van der Waals surface area contributed by atoms with E-state index < -0.39 is 0 Å². The van der Waals surface area contributed by atoms with Gasteiger partial charge in [0.1, 0.15) is 0 Å². The van der Waals surface area contributed by atoms with Gasteiger partial charge in [-0.15, -0.1) is 0 Å². The molecule has 1 amide bonds. The second-order valence-electron chi connectivity index (χ2n) is 5.92. The van der Waals surface area contributed by atoms with Gasteiger partial charge < -0.3 is 0 Å². The molecule has 0 saturated carbocycles. The third kappa shape index (κ3) is 4.60. The first-order valence-electron chi connectivity index (χ1n) is 8.63. The molecular formula is C21H22N2OS. The molecule has 1 heterocycles. The summed E-state index contributed by atoms with van der Waals surface area (Å²) in [5.74, 6) is 0.0640. The number of amides is 1. The maximum Gasteiger partial charge on any atom is 0.266 e. The first kappa shape index (κ1) is 17.5. The largest absolute Gasteiger partial charge is 0.287 e. The van der Waals surface area contributed by atoms with Gasteiger partial charge in [0.05, 0.1) is 11.4 Å². The van der Waals surface area contributed by atoms with Gasteiger partial charge in [-0.25, -0.2) is 0 Å². The minimum absolute atomic E-state index is 0.0640. The Morgan fingerprint density at radius 2 is 1.72 bits per heavy atom. The predicted octanol–water partition coefficient (Wildman–Crippen LogP) is 4.96. The molecule has 0 radical (unpaired) electrons. The van der Waals surface area contributed by atoms with Crippen LogP contribution < -0.4 is 0 Å². The molecule has 128 valence electrons. The fourth-order valence-electron chi connectivity index (χ4n) is 2.58. The van der Waals surface area contributed by atoms with Crippen molar-refractivity contribution in [2.75, 3.05) is 6.54 Å². The molecule has 0 aliphatic carbocycles. The zero-order chi connectivity index (χ0) is 17.5. The minimum Gasteiger partial charge on any atom is -0.287 e. The average molecular weight is 350 g/mol. The van der Waals surface area contributed by atoms with Crippen LogP contribution in [0.15, 0.2) is 70.6 Å². The van der Waals surface area contributed by atoms with Crippen molar-refractivity contribution in [2.24, 2.45) is 4.99 Å². The number of carbonyl (C=O) groups excluding carboxylic acids is 1. The van der Waals surface area contributed by atoms with Crippen molar-refractivity contribution in [1.29, 1.82) is 0 Å². The van der Waals surface area contributed by atoms with Crippen LogP contribution in [-0.4, -0.2) is 22.5 Å². The lowest BCUT2D eigenvalue weighted by Crippen LogP contribution is -2.30. The number of thioether (sulfide) groups is 1. The van der Waals surface area contributed by atoms with Gasteiger partial charge in [0.25, 0.3) is 5.91 Å². The van der Waals surface area contributed by atoms with E-state index in [0.29, 0.717) is 6.54 Å². The molecule has 3 rings (SSSR count). The molecule has 4 heteroatoms. The zero-order valence-electron chi connectivity index (χ0n) is 14.4. The molecule has 1 fully saturated rings. The lowest BCUT2D eigenvalue weighted by molar-refractivity contribution is -0.122. The van der Waals surface area contributed by atoms with Gasteiger partial charge in [-0.2, -0.15) is 0 Å². The van der Waals surface area contributed by atoms with Crippen LogP contribution in [0.5, 0.6) is 0 Å². The van der Waals surface area contributed by atoms with Gasteiger partial charge in [0, 0.05) is 6.54 Å². The van der Waals surface area contributed by atoms with Crippen LogP contribution in [0.3, 0.4) is 0 Å². The first-order chi connectivity index (χ1) is 12.3. The van der Waals surface area contributed by atoms with Crippen molar-refractivity contribution in [2.45, 2.75) is 26.3 Å². The fourth-order valence-corrected chi connectivity index (χ4v) is 3.58. The molecule has 0 N–H and O–H groups in total. The number of carbonyl (C=O) groups is 1. The van der Waals surface area contributed by atoms with Gasteiger partial charge >= 0.3 is 0 Å². The van der Waals surface area contributed by atoms with E-state index in [1.54, 1.807) is 0 Å². The number of amidine groups is 1. The Kier molecular flexibility index (Phi) is 6.07. The maximum absolute atomic E-state index is 12.8. The number of benzene rings is 2. The molecule has 25 heavy (non-hydrogen) atoms. The van der Waals surface area contributed by atoms with E-state index in [9.17, 15) is 4.79 Å². The Bertz CT molecular complexity index is 769. The Hall–Kier alpha value is -2.33. The van der Waals surface area contributed by atoms with Crippen LogP contribution in [0, 0.1) is 0 Å². The van der Waals surface area contributed by atoms with Crippen molar-refractivity contribution in [3.05, 3.63) is 76.7 Å². The number of aliphatic imine (C=N–C) groups is 1. The SMILES string of the molecule is CCCCN1C(=O)/C(=C/c2ccccc2)SC1=NCc1ccccc1. The number of unbranched alkanes of at least 4 members (excludes halogenated alkanes) is 1. The lowest BCUT2D eigenvalue weighted by Gasteiger charge is -2.14. The Morgan fingerprint density at radius 1 is 1.04 bits per heavy atom. The summed E-state index contributed by atoms with van der Waals surface area (Å²) < 4.78 is 0. The number of hydrogen-bond acceptors (Lipinski definition) is 3. The molecular weight excluding hydrogens is 328 g/mol. The van der Waals surface area contributed by atoms with Crippen LogP contribution in [0.2, 0.25) is 0 Å². The molecule has 3 nitrogen and oxygen atoms in total. The Morgan fingerprint density at radius 3 is 2.40 bits per heavy atom. The number of rotatable bonds is 6. The van der Waals surface area contributed by atoms with E-state index in [1.807, 2.05) is 59.5 Å². The van der Waals surface area contributed by atoms with E-state index in [2.05, 4.69) is 19.1 Å². The second-order valence-corrected chi connectivity index (χ2v) is 6.93. The normalized spacial score (nSPS) is 17.6. The average Bonchev–Trinajstić information content (AvgIpc) is 2.95. The van der Waals surface area contributed by atoms with E-state index in [0.717, 1.165) is 40.6 Å². The third-order valence-electron chi connectivity index (χ3n) is 3.96. The van der Waals surface area contributed by atoms with E-state index in [-0.39, 0.29) is 5.91 Å². The van der Waals surface area contributed by atoms with E-state index in [1.165, 1.54) is 11.8 Å². The van der Waals surface area contributed by atoms with E-state index in [4.69, 9.17) is 4.99 Å². The predicted molar refractivity (Wildman–Crippen MR) is 106 cm³/mol. The summed E-state index contributed by atoms with van der Waals surface area (Å²) in [5.41, 5.74) is 2.19. The van der Waals surface area contributed by atoms with Gasteiger partial charge in [-0.05, 0) is 35.4 Å². The van der Waals surface area contributed by atoms with Crippen molar-refractivity contribution < 1.29 is 4.79 Å². The van der Waals surface area contributed by atoms with Gasteiger partial charge in [0.2, 0.25) is 0 Å². The summed E-state index contributed by atoms with van der Waals surface area (Å²) in [6, 6.07) is 20.1. The molecule has 0 aromatic heterocycles. The van der Waals surface area contributed by atoms with Crippen LogP contribution >= 0.6 is 11.8 Å². The summed E-state index contributed by atoms with van der Waals surface area (Å²) in [4.78, 5) is 20.1. The van der Waals surface area contributed by atoms with Gasteiger partial charge in [-0.1, -0.05) is 74.0 Å². The molecule has 0 bridgehead atoms. The lowest BCUT2D eigenvalue weighted by atomic mass is 10.2. The number of nitrogens with zero attached hydrogens (tertiary/aromatic N) is 2. The minimum atomic E-state index is 0.0640. The molecule has 1 aliphatic rings. The van der Waals surface area contributed by atoms with Crippen LogP contribution in [-0.2, 0) is 11.3 Å². The summed E-state index contributed by atoms with van der Waals surface area (Å²) in [6.07, 6.45) is 3.99. The standard InChI is InChI=1S/C21H22N2OS/c1-2-3-14-23-20(24)19(15-17-10-6-4-7-11-17)25-21(23)22-16-18-12-8-5-9-13-18/h4-13,15H,2-3,14,16H2,1H3/b19-15-,22-21?. The van der Waals surface area contributed by atoms with Crippen LogP contribution in [0.25, 0.3) is 6.08 Å². The van der Waals surface area contributed by atoms with Crippen LogP contribution in [0.4, 0.5) is 0 Å². The quantitative estimate of drug-likeness (QED) is 0.690. The van der Waals surface area contributed by atoms with Crippen molar-refractivity contribution >= 4 is 28.9 Å². The van der Waals surface area contributed by atoms with Crippen molar-refractivity contribution in [3.8, 4) is 0 Å². The summed E-state index contributed by atoms with van der Waals surface area (Å²) in [6.45, 7) is 3.45. The van der Waals surface area contributed by atoms with Crippen molar-refractivity contribution in [1.82, 2.24) is 4.90 Å². The summed E-state index contributed by atoms with van der Waals surface area (Å²) in [7, 11) is 0. The first-order valence-corrected chi connectivity index (χ1v) is 9.44. The third-order valence-corrected chi connectivity index (χ3v) is 5.00. The highest BCUT2D eigenvalue weighted by Crippen LogP contribution is 2.33. The van der Waals surface area contributed by atoms with Gasteiger partial charge in [-0.3, -0.25) is 14.7 Å². The molecule has 0 spiro atoms. The van der Waals surface area contributed by atoms with Gasteiger partial charge in [0.15, 0.2) is 5.17 Å². The monoisotopic (exact) mass is 350 g/mol. The summed E-state index contributed by atoms with van der Waals surface area (Å²) >= 11 is 1.48. The molecule has 2 aromatic rings. The molecule has 1 saturated heterocycles. The Labute approximate surface area is 153 Å². The highest BCUT2D eigenvalue weighted by Gasteiger charge is 2.32. The fraction of sp³-hybridized carbons (Fsp3) is 0.238. The summed E-state index contributed by atoms with van der Waals surface area (Å²) in [5, 5.41) is 0.810. The molecule has 2 aromatic carbocycles. The highest BCUT2D eigenvalue weighted by atomic mass is 32.2. The van der Waals surface area contributed by atoms with Crippen molar-refractivity contribution in [3.63, 3.8) is 0 Å². The smallest absolute Gasteiger partial charge is 0.266 e. The molecule has 1 aliphatic heterocycles. The molecule has 0 unspecified atom stereocenters. The molecule has 0 atom stereocenters. The van der Waals surface area contributed by atoms with E-state index >= 15 is 0 Å². The highest BCUT2D eigenvalue weighted by molar-refractivity contribution is 8.18. The zero-order valence-corrected chi connectivity index (χ0v) is 15.2. The topological polar surface area (TPSA) is 32.7 Å². The maximum atomic E-state index is 12.8. The Balaban J connectivity index is 1.82. The van der Waals surface area contributed by atoms with Crippen LogP contribution in [0.1, 0.15) is 30.9 Å².